The molecule has 2 rings (SSSR count). The smallest absolute Gasteiger partial charge is 0.129 e. The SMILES string of the molecule is Clc1ccc(CN2CCSCC2)cn1. The topological polar surface area (TPSA) is 16.1 Å². The van der Waals surface area contributed by atoms with E-state index in [0.29, 0.717) is 5.15 Å². The van der Waals surface area contributed by atoms with Crippen LogP contribution in [-0.2, 0) is 6.54 Å². The highest BCUT2D eigenvalue weighted by Gasteiger charge is 2.10. The first-order valence-electron chi connectivity index (χ1n) is 4.75. The Bertz CT molecular complexity index is 283. The van der Waals surface area contributed by atoms with Gasteiger partial charge in [0.15, 0.2) is 0 Å². The maximum Gasteiger partial charge on any atom is 0.129 e. The molecule has 1 aromatic rings. The van der Waals surface area contributed by atoms with Gasteiger partial charge in [-0.3, -0.25) is 4.90 Å². The monoisotopic (exact) mass is 228 g/mol. The Labute approximate surface area is 93.7 Å². The summed E-state index contributed by atoms with van der Waals surface area (Å²) in [7, 11) is 0. The lowest BCUT2D eigenvalue weighted by Crippen LogP contribution is -2.31. The van der Waals surface area contributed by atoms with Gasteiger partial charge in [0, 0.05) is 37.3 Å². The number of halogens is 1. The Morgan fingerprint density at radius 2 is 2.14 bits per heavy atom. The van der Waals surface area contributed by atoms with Crippen LogP contribution in [0.4, 0.5) is 0 Å². The molecule has 2 nitrogen and oxygen atoms in total. The molecule has 0 amide bonds. The Morgan fingerprint density at radius 1 is 1.36 bits per heavy atom. The predicted molar refractivity (Wildman–Crippen MR) is 61.8 cm³/mol. The van der Waals surface area contributed by atoms with Crippen LogP contribution in [0.5, 0.6) is 0 Å². The zero-order valence-corrected chi connectivity index (χ0v) is 9.52. The van der Waals surface area contributed by atoms with Crippen LogP contribution in [-0.4, -0.2) is 34.5 Å². The van der Waals surface area contributed by atoms with Crippen molar-refractivity contribution in [1.82, 2.24) is 9.88 Å². The highest BCUT2D eigenvalue weighted by atomic mass is 35.5. The number of pyridine rings is 1. The molecule has 0 radical (unpaired) electrons. The lowest BCUT2D eigenvalue weighted by atomic mass is 10.2. The van der Waals surface area contributed by atoms with Gasteiger partial charge >= 0.3 is 0 Å². The van der Waals surface area contributed by atoms with E-state index in [4.69, 9.17) is 11.6 Å². The van der Waals surface area contributed by atoms with Crippen molar-refractivity contribution in [1.29, 1.82) is 0 Å². The lowest BCUT2D eigenvalue weighted by Gasteiger charge is -2.25. The fraction of sp³-hybridized carbons (Fsp3) is 0.500. The Hall–Kier alpha value is -0.250. The molecule has 1 aliphatic heterocycles. The molecular formula is C10H13ClN2S. The summed E-state index contributed by atoms with van der Waals surface area (Å²) in [4.78, 5) is 6.54. The summed E-state index contributed by atoms with van der Waals surface area (Å²) in [6.45, 7) is 3.38. The molecule has 0 spiro atoms. The van der Waals surface area contributed by atoms with Crippen LogP contribution in [0.15, 0.2) is 18.3 Å². The average molecular weight is 229 g/mol. The molecule has 76 valence electrons. The van der Waals surface area contributed by atoms with Crippen LogP contribution in [0.25, 0.3) is 0 Å². The minimum absolute atomic E-state index is 0.572. The first kappa shape index (κ1) is 10.3. The summed E-state index contributed by atoms with van der Waals surface area (Å²) < 4.78 is 0. The molecule has 0 aromatic carbocycles. The van der Waals surface area contributed by atoms with E-state index in [1.165, 1.54) is 30.2 Å². The second-order valence-corrected chi connectivity index (χ2v) is 4.99. The average Bonchev–Trinajstić information content (AvgIpc) is 2.23. The highest BCUT2D eigenvalue weighted by molar-refractivity contribution is 7.99. The van der Waals surface area contributed by atoms with Gasteiger partial charge in [-0.05, 0) is 11.6 Å². The zero-order valence-electron chi connectivity index (χ0n) is 7.95. The molecule has 1 fully saturated rings. The Kier molecular flexibility index (Phi) is 3.67. The Morgan fingerprint density at radius 3 is 2.79 bits per heavy atom. The number of hydrogen-bond acceptors (Lipinski definition) is 3. The maximum absolute atomic E-state index is 5.73. The second kappa shape index (κ2) is 5.01. The van der Waals surface area contributed by atoms with Crippen LogP contribution >= 0.6 is 23.4 Å². The van der Waals surface area contributed by atoms with E-state index in [1.807, 2.05) is 24.0 Å². The van der Waals surface area contributed by atoms with Crippen LogP contribution < -0.4 is 0 Å². The van der Waals surface area contributed by atoms with E-state index in [1.54, 1.807) is 0 Å². The van der Waals surface area contributed by atoms with Crippen molar-refractivity contribution in [2.45, 2.75) is 6.54 Å². The van der Waals surface area contributed by atoms with Gasteiger partial charge in [-0.1, -0.05) is 17.7 Å². The highest BCUT2D eigenvalue weighted by Crippen LogP contribution is 2.13. The van der Waals surface area contributed by atoms with Crippen LogP contribution in [0.3, 0.4) is 0 Å². The number of nitrogens with zero attached hydrogens (tertiary/aromatic N) is 2. The minimum Gasteiger partial charge on any atom is -0.297 e. The van der Waals surface area contributed by atoms with Crippen molar-refractivity contribution in [3.05, 3.63) is 29.0 Å². The first-order chi connectivity index (χ1) is 6.84. The molecule has 0 bridgehead atoms. The van der Waals surface area contributed by atoms with Gasteiger partial charge < -0.3 is 0 Å². The van der Waals surface area contributed by atoms with E-state index in [9.17, 15) is 0 Å². The van der Waals surface area contributed by atoms with E-state index >= 15 is 0 Å². The van der Waals surface area contributed by atoms with Gasteiger partial charge in [-0.2, -0.15) is 11.8 Å². The summed E-state index contributed by atoms with van der Waals surface area (Å²) in [5.74, 6) is 2.50. The molecular weight excluding hydrogens is 216 g/mol. The number of hydrogen-bond donors (Lipinski definition) is 0. The summed E-state index contributed by atoms with van der Waals surface area (Å²) in [6.07, 6.45) is 1.87. The molecule has 1 aliphatic rings. The van der Waals surface area contributed by atoms with Gasteiger partial charge in [0.05, 0.1) is 0 Å². The fourth-order valence-corrected chi connectivity index (χ4v) is 2.61. The minimum atomic E-state index is 0.572. The fourth-order valence-electron chi connectivity index (χ4n) is 1.52. The number of thioether (sulfide) groups is 1. The third kappa shape index (κ3) is 2.87. The van der Waals surface area contributed by atoms with Crippen molar-refractivity contribution in [2.24, 2.45) is 0 Å². The number of aromatic nitrogens is 1. The van der Waals surface area contributed by atoms with Gasteiger partial charge in [0.25, 0.3) is 0 Å². The summed E-state index contributed by atoms with van der Waals surface area (Å²) in [5, 5.41) is 0.572. The van der Waals surface area contributed by atoms with Gasteiger partial charge in [0.2, 0.25) is 0 Å². The first-order valence-corrected chi connectivity index (χ1v) is 6.28. The summed E-state index contributed by atoms with van der Waals surface area (Å²) in [5.41, 5.74) is 1.25. The van der Waals surface area contributed by atoms with Crippen molar-refractivity contribution in [2.75, 3.05) is 24.6 Å². The van der Waals surface area contributed by atoms with Crippen LogP contribution in [0, 0.1) is 0 Å². The van der Waals surface area contributed by atoms with Crippen LogP contribution in [0.2, 0.25) is 5.15 Å². The molecule has 1 aromatic heterocycles. The van der Waals surface area contributed by atoms with Gasteiger partial charge in [0.1, 0.15) is 5.15 Å². The van der Waals surface area contributed by atoms with Crippen molar-refractivity contribution < 1.29 is 0 Å². The number of rotatable bonds is 2. The van der Waals surface area contributed by atoms with Crippen molar-refractivity contribution in [3.63, 3.8) is 0 Å². The van der Waals surface area contributed by atoms with Gasteiger partial charge in [-0.25, -0.2) is 4.98 Å². The molecule has 0 saturated carbocycles. The molecule has 0 unspecified atom stereocenters. The molecule has 1 saturated heterocycles. The van der Waals surface area contributed by atoms with Gasteiger partial charge in [-0.15, -0.1) is 0 Å². The summed E-state index contributed by atoms with van der Waals surface area (Å²) in [6, 6.07) is 3.91. The standard InChI is InChI=1S/C10H13ClN2S/c11-10-2-1-9(7-12-10)8-13-3-5-14-6-4-13/h1-2,7H,3-6,8H2. The lowest BCUT2D eigenvalue weighted by molar-refractivity contribution is 0.294. The molecule has 0 N–H and O–H groups in total. The quantitative estimate of drug-likeness (QED) is 0.723. The van der Waals surface area contributed by atoms with Crippen molar-refractivity contribution >= 4 is 23.4 Å². The summed E-state index contributed by atoms with van der Waals surface area (Å²) >= 11 is 7.76. The molecule has 4 heteroatoms. The molecule has 0 atom stereocenters. The third-order valence-corrected chi connectivity index (χ3v) is 3.46. The predicted octanol–water partition coefficient (Wildman–Crippen LogP) is 2.28. The normalized spacial score (nSPS) is 18.4. The van der Waals surface area contributed by atoms with Crippen LogP contribution in [0.1, 0.15) is 5.56 Å². The second-order valence-electron chi connectivity index (χ2n) is 3.38. The zero-order chi connectivity index (χ0) is 9.80. The third-order valence-electron chi connectivity index (χ3n) is 2.30. The maximum atomic E-state index is 5.73. The van der Waals surface area contributed by atoms with E-state index in [2.05, 4.69) is 16.0 Å². The molecule has 0 aliphatic carbocycles. The van der Waals surface area contributed by atoms with E-state index in [0.717, 1.165) is 6.54 Å². The van der Waals surface area contributed by atoms with Crippen molar-refractivity contribution in [3.8, 4) is 0 Å². The molecule has 14 heavy (non-hydrogen) atoms. The molecule has 2 heterocycles. The largest absolute Gasteiger partial charge is 0.297 e. The van der Waals surface area contributed by atoms with E-state index < -0.39 is 0 Å². The Balaban J connectivity index is 1.92. The van der Waals surface area contributed by atoms with E-state index in [-0.39, 0.29) is 0 Å².